The molecule has 1 aliphatic rings. The molecule has 0 radical (unpaired) electrons. The number of halogens is 1. The van der Waals surface area contributed by atoms with Crippen LogP contribution in [0.1, 0.15) is 16.1 Å². The molecule has 4 rings (SSSR count). The van der Waals surface area contributed by atoms with Gasteiger partial charge in [-0.15, -0.1) is 0 Å². The number of hydrogen-bond donors (Lipinski definition) is 2. The first-order valence-corrected chi connectivity index (χ1v) is 10.5. The maximum absolute atomic E-state index is 13.0. The molecule has 1 fully saturated rings. The van der Waals surface area contributed by atoms with E-state index in [-0.39, 0.29) is 10.5 Å². The van der Waals surface area contributed by atoms with Gasteiger partial charge in [0.05, 0.1) is 10.5 Å². The monoisotopic (exact) mass is 465 g/mol. The third-order valence-corrected chi connectivity index (χ3v) is 5.66. The topological polar surface area (TPSA) is 109 Å². The van der Waals surface area contributed by atoms with Gasteiger partial charge in [-0.25, -0.2) is 9.18 Å². The van der Waals surface area contributed by atoms with Crippen molar-refractivity contribution >= 4 is 46.5 Å². The number of carboxylic acids is 1. The van der Waals surface area contributed by atoms with Crippen molar-refractivity contribution in [3.05, 3.63) is 88.8 Å². The first-order chi connectivity index (χ1) is 15.8. The number of nitrogens with zero attached hydrogens (tertiary/aromatic N) is 2. The van der Waals surface area contributed by atoms with E-state index in [1.165, 1.54) is 42.5 Å². The number of amides is 3. The third-order valence-electron chi connectivity index (χ3n) is 4.75. The van der Waals surface area contributed by atoms with Gasteiger partial charge in [0.2, 0.25) is 5.91 Å². The van der Waals surface area contributed by atoms with Crippen LogP contribution in [-0.2, 0) is 9.59 Å². The molecule has 0 unspecified atom stereocenters. The van der Waals surface area contributed by atoms with Crippen molar-refractivity contribution in [1.29, 1.82) is 0 Å². The quantitative estimate of drug-likeness (QED) is 0.533. The molecule has 3 amide bonds. The Bertz CT molecular complexity index is 1280. The summed E-state index contributed by atoms with van der Waals surface area (Å²) in [5.74, 6) is -2.68. The Morgan fingerprint density at radius 1 is 1.03 bits per heavy atom. The normalized spacial score (nSPS) is 14.7. The molecule has 2 N–H and O–H groups in total. The highest BCUT2D eigenvalue weighted by Crippen LogP contribution is 2.32. The van der Waals surface area contributed by atoms with Crippen LogP contribution in [0.15, 0.2) is 71.8 Å². The van der Waals surface area contributed by atoms with Crippen LogP contribution >= 0.6 is 11.8 Å². The number of carbonyl (C=O) groups is 4. The Balaban J connectivity index is 1.49. The van der Waals surface area contributed by atoms with Crippen molar-refractivity contribution in [3.8, 4) is 5.69 Å². The molecule has 3 aromatic rings. The lowest BCUT2D eigenvalue weighted by molar-refractivity contribution is -0.127. The Morgan fingerprint density at radius 2 is 1.73 bits per heavy atom. The first kappa shape index (κ1) is 22.0. The molecule has 1 aliphatic heterocycles. The maximum atomic E-state index is 13.0. The van der Waals surface area contributed by atoms with Crippen molar-refractivity contribution in [2.24, 2.45) is 0 Å². The van der Waals surface area contributed by atoms with Crippen LogP contribution in [0.3, 0.4) is 0 Å². The van der Waals surface area contributed by atoms with Gasteiger partial charge in [-0.1, -0.05) is 0 Å². The van der Waals surface area contributed by atoms with E-state index >= 15 is 0 Å². The van der Waals surface area contributed by atoms with Crippen LogP contribution in [0.2, 0.25) is 0 Å². The molecular formula is C23H16FN3O5S. The first-order valence-electron chi connectivity index (χ1n) is 9.64. The zero-order valence-electron chi connectivity index (χ0n) is 16.9. The summed E-state index contributed by atoms with van der Waals surface area (Å²) >= 11 is 0.718. The average molecular weight is 465 g/mol. The summed E-state index contributed by atoms with van der Waals surface area (Å²) in [6, 6.07) is 14.8. The van der Waals surface area contributed by atoms with Gasteiger partial charge in [-0.05, 0) is 78.5 Å². The number of nitrogens with one attached hydrogen (secondary N) is 1. The predicted octanol–water partition coefficient (Wildman–Crippen LogP) is 3.99. The maximum Gasteiger partial charge on any atom is 0.335 e. The average Bonchev–Trinajstić information content (AvgIpc) is 3.35. The van der Waals surface area contributed by atoms with Crippen LogP contribution in [0.5, 0.6) is 0 Å². The van der Waals surface area contributed by atoms with E-state index in [1.54, 1.807) is 35.0 Å². The van der Waals surface area contributed by atoms with E-state index in [4.69, 9.17) is 5.11 Å². The van der Waals surface area contributed by atoms with Gasteiger partial charge in [0.1, 0.15) is 12.4 Å². The molecular weight excluding hydrogens is 449 g/mol. The minimum Gasteiger partial charge on any atom is -0.478 e. The van der Waals surface area contributed by atoms with Crippen LogP contribution in [-0.4, -0.2) is 44.1 Å². The highest BCUT2D eigenvalue weighted by Gasteiger charge is 2.36. The van der Waals surface area contributed by atoms with Gasteiger partial charge in [0, 0.05) is 23.3 Å². The zero-order valence-corrected chi connectivity index (χ0v) is 17.7. The molecule has 1 saturated heterocycles. The fourth-order valence-electron chi connectivity index (χ4n) is 3.16. The molecule has 0 aliphatic carbocycles. The molecule has 0 atom stereocenters. The number of thioether (sulfide) groups is 1. The lowest BCUT2D eigenvalue weighted by atomic mass is 10.2. The van der Waals surface area contributed by atoms with Gasteiger partial charge in [0.25, 0.3) is 11.1 Å². The third kappa shape index (κ3) is 4.85. The fraction of sp³-hybridized carbons (Fsp3) is 0.0435. The Labute approximate surface area is 191 Å². The second-order valence-corrected chi connectivity index (χ2v) is 7.97. The summed E-state index contributed by atoms with van der Waals surface area (Å²) in [7, 11) is 0. The molecule has 2 heterocycles. The summed E-state index contributed by atoms with van der Waals surface area (Å²) in [6.07, 6.45) is 3.27. The summed E-state index contributed by atoms with van der Waals surface area (Å²) in [6.45, 7) is -0.475. The standard InChI is InChI=1S/C23H16FN3O5S/c24-15-5-7-16(8-6-15)25-20(28)13-27-21(29)19(33-23(27)32)12-18-2-1-11-26(18)17-9-3-14(4-10-17)22(30)31/h1-12H,13H2,(H,25,28)(H,30,31)/b19-12-. The highest BCUT2D eigenvalue weighted by atomic mass is 32.2. The molecule has 166 valence electrons. The number of carboxylic acid groups (broad SMARTS) is 1. The largest absolute Gasteiger partial charge is 0.478 e. The molecule has 0 spiro atoms. The Kier molecular flexibility index (Phi) is 6.09. The van der Waals surface area contributed by atoms with Crippen LogP contribution in [0.4, 0.5) is 14.9 Å². The van der Waals surface area contributed by atoms with Crippen molar-refractivity contribution < 1.29 is 28.7 Å². The number of hydrogen-bond acceptors (Lipinski definition) is 5. The predicted molar refractivity (Wildman–Crippen MR) is 120 cm³/mol. The number of anilines is 1. The van der Waals surface area contributed by atoms with Gasteiger partial charge < -0.3 is 15.0 Å². The number of imide groups is 1. The lowest BCUT2D eigenvalue weighted by Crippen LogP contribution is -2.36. The second kappa shape index (κ2) is 9.13. The van der Waals surface area contributed by atoms with Gasteiger partial charge in [-0.3, -0.25) is 19.3 Å². The van der Waals surface area contributed by atoms with Crippen LogP contribution in [0.25, 0.3) is 11.8 Å². The van der Waals surface area contributed by atoms with Crippen LogP contribution < -0.4 is 5.32 Å². The molecule has 33 heavy (non-hydrogen) atoms. The number of benzene rings is 2. The van der Waals surface area contributed by atoms with Crippen molar-refractivity contribution in [3.63, 3.8) is 0 Å². The summed E-state index contributed by atoms with van der Waals surface area (Å²) < 4.78 is 14.7. The molecule has 10 heteroatoms. The van der Waals surface area contributed by atoms with E-state index < -0.39 is 35.4 Å². The highest BCUT2D eigenvalue weighted by molar-refractivity contribution is 8.18. The number of carbonyl (C=O) groups excluding carboxylic acids is 3. The summed E-state index contributed by atoms with van der Waals surface area (Å²) in [5.41, 5.74) is 1.76. The Hall–Kier alpha value is -4.18. The molecule has 1 aromatic heterocycles. The molecule has 0 bridgehead atoms. The van der Waals surface area contributed by atoms with E-state index in [0.717, 1.165) is 16.7 Å². The van der Waals surface area contributed by atoms with Crippen LogP contribution in [0, 0.1) is 5.82 Å². The molecule has 8 nitrogen and oxygen atoms in total. The van der Waals surface area contributed by atoms with Gasteiger partial charge in [-0.2, -0.15) is 0 Å². The van der Waals surface area contributed by atoms with Gasteiger partial charge in [0.15, 0.2) is 0 Å². The summed E-state index contributed by atoms with van der Waals surface area (Å²) in [4.78, 5) is 49.4. The van der Waals surface area contributed by atoms with E-state index in [1.807, 2.05) is 0 Å². The van der Waals surface area contributed by atoms with E-state index in [0.29, 0.717) is 17.1 Å². The number of rotatable bonds is 6. The molecule has 2 aromatic carbocycles. The zero-order chi connectivity index (χ0) is 23.5. The smallest absolute Gasteiger partial charge is 0.335 e. The number of aromatic carboxylic acids is 1. The lowest BCUT2D eigenvalue weighted by Gasteiger charge is -2.12. The fourth-order valence-corrected chi connectivity index (χ4v) is 3.98. The van der Waals surface area contributed by atoms with Crippen molar-refractivity contribution in [2.45, 2.75) is 0 Å². The van der Waals surface area contributed by atoms with Crippen molar-refractivity contribution in [1.82, 2.24) is 9.47 Å². The minimum atomic E-state index is -1.04. The van der Waals surface area contributed by atoms with E-state index in [9.17, 15) is 23.6 Å². The summed E-state index contributed by atoms with van der Waals surface area (Å²) in [5, 5.41) is 11.0. The van der Waals surface area contributed by atoms with Gasteiger partial charge >= 0.3 is 5.97 Å². The molecule has 0 saturated carbocycles. The number of aromatic nitrogens is 1. The second-order valence-electron chi connectivity index (χ2n) is 6.98. The minimum absolute atomic E-state index is 0.146. The van der Waals surface area contributed by atoms with E-state index in [2.05, 4.69) is 5.32 Å². The van der Waals surface area contributed by atoms with Crippen molar-refractivity contribution in [2.75, 3.05) is 11.9 Å². The Morgan fingerprint density at radius 3 is 2.39 bits per heavy atom. The SMILES string of the molecule is O=C(CN1C(=O)S/C(=C\c2cccn2-c2ccc(C(=O)O)cc2)C1=O)Nc1ccc(F)cc1.